The van der Waals surface area contributed by atoms with Crippen molar-refractivity contribution in [2.45, 2.75) is 0 Å². The summed E-state index contributed by atoms with van der Waals surface area (Å²) in [5, 5.41) is 0. The second-order valence-corrected chi connectivity index (χ2v) is 0.796. The summed E-state index contributed by atoms with van der Waals surface area (Å²) in [6.07, 6.45) is 0. The van der Waals surface area contributed by atoms with E-state index in [-0.39, 0.29) is 18.9 Å². The first kappa shape index (κ1) is 9.74. The average molecular weight is 110 g/mol. The molecule has 0 N–H and O–H groups in total. The molecular formula is F3LiNS. The SMILES string of the molecule is FN=S(F)F.[Li]. The summed E-state index contributed by atoms with van der Waals surface area (Å²) >= 11 is -3.36. The third-order valence-electron chi connectivity index (χ3n) is 0.0522. The first-order valence-electron chi connectivity index (χ1n) is 0.660. The van der Waals surface area contributed by atoms with E-state index in [0.29, 0.717) is 0 Å². The van der Waals surface area contributed by atoms with Crippen LogP contribution < -0.4 is 0 Å². The van der Waals surface area contributed by atoms with E-state index in [2.05, 4.69) is 0 Å². The molecule has 0 unspecified atom stereocenters. The van der Waals surface area contributed by atoms with Crippen molar-refractivity contribution in [3.05, 3.63) is 0 Å². The van der Waals surface area contributed by atoms with Crippen molar-refractivity contribution in [3.63, 3.8) is 0 Å². The molecule has 0 aliphatic rings. The van der Waals surface area contributed by atoms with E-state index < -0.39 is 11.5 Å². The summed E-state index contributed by atoms with van der Waals surface area (Å²) in [4.78, 5) is 0. The Hall–Kier alpha value is 0.537. The molecule has 0 aromatic heterocycles. The molecule has 1 radical (unpaired) electrons. The maximum absolute atomic E-state index is 10.2. The Kier molecular flexibility index (Phi) is 8.99. The van der Waals surface area contributed by atoms with Crippen molar-refractivity contribution in [3.8, 4) is 0 Å². The number of nitrogens with zero attached hydrogens (tertiary/aromatic N) is 1. The minimum absolute atomic E-state index is 0. The topological polar surface area (TPSA) is 12.4 Å². The van der Waals surface area contributed by atoms with Gasteiger partial charge in [0.1, 0.15) is 0 Å². The van der Waals surface area contributed by atoms with E-state index in [1.165, 1.54) is 0 Å². The van der Waals surface area contributed by atoms with Gasteiger partial charge in [-0.15, -0.1) is 7.77 Å². The van der Waals surface area contributed by atoms with Crippen molar-refractivity contribution in [2.75, 3.05) is 0 Å². The van der Waals surface area contributed by atoms with Gasteiger partial charge in [0.25, 0.3) is 11.5 Å². The van der Waals surface area contributed by atoms with Crippen LogP contribution in [0.25, 0.3) is 0 Å². The summed E-state index contributed by atoms with van der Waals surface area (Å²) in [5.74, 6) is 0. The predicted molar refractivity (Wildman–Crippen MR) is 18.9 cm³/mol. The van der Waals surface area contributed by atoms with Gasteiger partial charge in [0.2, 0.25) is 0 Å². The number of halogens is 3. The van der Waals surface area contributed by atoms with Crippen LogP contribution in [0.4, 0.5) is 12.3 Å². The molecular weight excluding hydrogens is 110 g/mol. The Morgan fingerprint density at radius 3 is 1.50 bits per heavy atom. The summed E-state index contributed by atoms with van der Waals surface area (Å²) < 4.78 is 31.6. The van der Waals surface area contributed by atoms with Gasteiger partial charge in [-0.25, -0.2) is 0 Å². The Morgan fingerprint density at radius 2 is 1.50 bits per heavy atom. The van der Waals surface area contributed by atoms with Crippen LogP contribution in [0.3, 0.4) is 0 Å². The van der Waals surface area contributed by atoms with Crippen LogP contribution >= 0.6 is 0 Å². The molecule has 0 fully saturated rings. The fourth-order valence-electron chi connectivity index (χ4n) is 0. The zero-order valence-electron chi connectivity index (χ0n) is 2.99. The summed E-state index contributed by atoms with van der Waals surface area (Å²) in [6.45, 7) is 0. The first-order chi connectivity index (χ1) is 2.27. The van der Waals surface area contributed by atoms with Gasteiger partial charge in [0, 0.05) is 23.4 Å². The minimum Gasteiger partial charge on any atom is -0.116 e. The normalized spacial score (nSPS) is 7.33. The third-order valence-corrected chi connectivity index (χ3v) is 0.156. The van der Waals surface area contributed by atoms with Gasteiger partial charge in [-0.2, -0.15) is 0 Å². The molecule has 0 aliphatic carbocycles. The smallest absolute Gasteiger partial charge is 0.116 e. The van der Waals surface area contributed by atoms with Crippen molar-refractivity contribution in [2.24, 2.45) is 4.58 Å². The van der Waals surface area contributed by atoms with Crippen LogP contribution in [0, 0.1) is 0 Å². The van der Waals surface area contributed by atoms with Crippen molar-refractivity contribution >= 4 is 30.3 Å². The van der Waals surface area contributed by atoms with Crippen LogP contribution in [0.1, 0.15) is 0 Å². The molecule has 1 nitrogen and oxygen atoms in total. The van der Waals surface area contributed by atoms with Gasteiger partial charge in [-0.1, -0.05) is 4.48 Å². The van der Waals surface area contributed by atoms with E-state index >= 15 is 0 Å². The van der Waals surface area contributed by atoms with Gasteiger partial charge in [0.05, 0.1) is 0 Å². The molecule has 0 heterocycles. The molecule has 0 aliphatic heterocycles. The monoisotopic (exact) mass is 110 g/mol. The number of rotatable bonds is 0. The van der Waals surface area contributed by atoms with E-state index in [4.69, 9.17) is 0 Å². The molecule has 0 bridgehead atoms. The molecule has 0 atom stereocenters. The molecule has 6 heteroatoms. The van der Waals surface area contributed by atoms with Crippen LogP contribution in [0.5, 0.6) is 0 Å². The molecule has 0 rings (SSSR count). The maximum atomic E-state index is 10.2. The Balaban J connectivity index is 0. The van der Waals surface area contributed by atoms with Gasteiger partial charge in [-0.05, 0) is 0 Å². The van der Waals surface area contributed by atoms with Crippen LogP contribution in [-0.4, -0.2) is 18.9 Å². The van der Waals surface area contributed by atoms with E-state index in [0.717, 1.165) is 4.58 Å². The molecule has 0 saturated carbocycles. The molecule has 33 valence electrons. The molecule has 6 heavy (non-hydrogen) atoms. The largest absolute Gasteiger partial charge is 0.293 e. The van der Waals surface area contributed by atoms with Gasteiger partial charge < -0.3 is 0 Å². The fourth-order valence-corrected chi connectivity index (χ4v) is 0. The molecule has 0 amide bonds. The van der Waals surface area contributed by atoms with E-state index in [1.807, 2.05) is 0 Å². The van der Waals surface area contributed by atoms with E-state index in [1.54, 1.807) is 0 Å². The zero-order valence-corrected chi connectivity index (χ0v) is 3.81. The van der Waals surface area contributed by atoms with Crippen molar-refractivity contribution in [1.29, 1.82) is 0 Å². The second kappa shape index (κ2) is 5.54. The van der Waals surface area contributed by atoms with Gasteiger partial charge in [0.15, 0.2) is 0 Å². The standard InChI is InChI=1S/F3NS.Li/c1-4-5(2)3;. The second-order valence-electron chi connectivity index (χ2n) is 0.265. The number of hydrogen-bond donors (Lipinski definition) is 0. The Morgan fingerprint density at radius 1 is 1.33 bits per heavy atom. The summed E-state index contributed by atoms with van der Waals surface area (Å²) in [6, 6.07) is 0. The zero-order chi connectivity index (χ0) is 4.28. The summed E-state index contributed by atoms with van der Waals surface area (Å²) in [5.41, 5.74) is 0. The maximum Gasteiger partial charge on any atom is 0.293 e. The van der Waals surface area contributed by atoms with Crippen LogP contribution in [-0.2, 0) is 11.5 Å². The van der Waals surface area contributed by atoms with E-state index in [9.17, 15) is 12.3 Å². The Labute approximate surface area is 47.7 Å². The van der Waals surface area contributed by atoms with Crippen molar-refractivity contribution in [1.82, 2.24) is 0 Å². The molecule has 0 aromatic carbocycles. The van der Waals surface area contributed by atoms with Gasteiger partial charge in [-0.3, -0.25) is 0 Å². The molecule has 0 aromatic rings. The van der Waals surface area contributed by atoms with Gasteiger partial charge >= 0.3 is 0 Å². The first-order valence-corrected chi connectivity index (χ1v) is 1.64. The van der Waals surface area contributed by atoms with Crippen molar-refractivity contribution < 1.29 is 12.3 Å². The number of hydrogen-bond acceptors (Lipinski definition) is 1. The predicted octanol–water partition coefficient (Wildman–Crippen LogP) is 1.06. The quantitative estimate of drug-likeness (QED) is 0.413. The molecule has 0 spiro atoms. The van der Waals surface area contributed by atoms with Crippen LogP contribution in [0.15, 0.2) is 4.58 Å². The minimum atomic E-state index is -3.36. The average Bonchev–Trinajstić information content (AvgIpc) is 1.38. The summed E-state index contributed by atoms with van der Waals surface area (Å²) in [7, 11) is 0. The van der Waals surface area contributed by atoms with Crippen LogP contribution in [0.2, 0.25) is 0 Å². The molecule has 0 saturated heterocycles. The third kappa shape index (κ3) is 8.82. The fraction of sp³-hybridized carbons (Fsp3) is 0. The Bertz CT molecular complexity index is 48.8.